The number of carbonyl (C=O) groups is 3. The van der Waals surface area contributed by atoms with Gasteiger partial charge in [-0.25, -0.2) is 0 Å². The highest BCUT2D eigenvalue weighted by molar-refractivity contribution is 7.79. The summed E-state index contributed by atoms with van der Waals surface area (Å²) in [6.07, 6.45) is 4.29. The molecule has 0 unspecified atom stereocenters. The predicted molar refractivity (Wildman–Crippen MR) is 161 cm³/mol. The van der Waals surface area contributed by atoms with Crippen LogP contribution in [0.1, 0.15) is 62.6 Å². The number of nitrogens with zero attached hydrogens (tertiary/aromatic N) is 1. The van der Waals surface area contributed by atoms with Crippen LogP contribution in [-0.2, 0) is 25.5 Å². The number of thiol groups is 1. The van der Waals surface area contributed by atoms with Crippen molar-refractivity contribution < 1.29 is 18.9 Å². The summed E-state index contributed by atoms with van der Waals surface area (Å²) in [5, 5.41) is 3.47. The van der Waals surface area contributed by atoms with Gasteiger partial charge in [0.1, 0.15) is 11.6 Å². The van der Waals surface area contributed by atoms with Crippen LogP contribution in [0.3, 0.4) is 0 Å². The number of nitrogens with two attached hydrogens (primary N) is 1. The average molecular weight is 561 g/mol. The van der Waals surface area contributed by atoms with E-state index in [0.29, 0.717) is 25.2 Å². The second kappa shape index (κ2) is 19.1. The first-order valence-electron chi connectivity index (χ1n) is 12.2. The minimum Gasteiger partial charge on any atom is -0.397 e. The van der Waals surface area contributed by atoms with Crippen molar-refractivity contribution in [2.24, 2.45) is 5.73 Å². The number of para-hydroxylation sites is 1. The summed E-state index contributed by atoms with van der Waals surface area (Å²) in [6.45, 7) is 5.70. The summed E-state index contributed by atoms with van der Waals surface area (Å²) in [5.74, 6) is 0.0912. The van der Waals surface area contributed by atoms with Crippen molar-refractivity contribution in [1.29, 1.82) is 0 Å². The highest BCUT2D eigenvalue weighted by Gasteiger charge is 2.26. The Morgan fingerprint density at radius 3 is 2.08 bits per heavy atom. The molecule has 0 radical (unpaired) electrons. The number of ketones is 2. The van der Waals surface area contributed by atoms with Gasteiger partial charge >= 0.3 is 0 Å². The fraction of sp³-hybridized carbons (Fsp3) is 0.393. The number of fused-ring (bicyclic) bond motifs is 2. The van der Waals surface area contributed by atoms with Crippen molar-refractivity contribution in [2.45, 2.75) is 52.5 Å². The van der Waals surface area contributed by atoms with Gasteiger partial charge in [-0.3, -0.25) is 9.36 Å². The van der Waals surface area contributed by atoms with E-state index in [2.05, 4.69) is 17.9 Å². The minimum atomic E-state index is -0.0938. The molecule has 6 N–H and O–H groups in total. The van der Waals surface area contributed by atoms with E-state index >= 15 is 0 Å². The van der Waals surface area contributed by atoms with Crippen LogP contribution in [0.2, 0.25) is 0 Å². The molecule has 38 heavy (non-hydrogen) atoms. The van der Waals surface area contributed by atoms with Gasteiger partial charge in [-0.05, 0) is 44.6 Å². The van der Waals surface area contributed by atoms with Gasteiger partial charge in [0.05, 0.1) is 23.6 Å². The van der Waals surface area contributed by atoms with E-state index in [0.717, 1.165) is 40.9 Å². The zero-order chi connectivity index (χ0) is 27.8. The first kappa shape index (κ1) is 35.0. The number of unbranched alkanes of at least 4 members (excludes halogenated alkanes) is 1. The second-order valence-corrected chi connectivity index (χ2v) is 8.78. The maximum absolute atomic E-state index is 13.2. The van der Waals surface area contributed by atoms with E-state index in [1.54, 1.807) is 24.7 Å². The van der Waals surface area contributed by atoms with Crippen molar-refractivity contribution in [3.63, 3.8) is 0 Å². The number of Topliss-reactive ketones (excluding diaryl/α,β-unsaturated/α-hetero) is 2. The maximum atomic E-state index is 13.2. The van der Waals surface area contributed by atoms with E-state index in [1.807, 2.05) is 48.5 Å². The van der Waals surface area contributed by atoms with E-state index in [9.17, 15) is 14.4 Å². The smallest absolute Gasteiger partial charge is 0.227 e. The molecule has 3 rings (SSSR count). The molecule has 0 spiro atoms. The van der Waals surface area contributed by atoms with Crippen LogP contribution in [-0.4, -0.2) is 36.9 Å². The van der Waals surface area contributed by atoms with Crippen LogP contribution in [0.25, 0.3) is 11.4 Å². The summed E-state index contributed by atoms with van der Waals surface area (Å²) in [7, 11) is 0.167. The monoisotopic (exact) mass is 560 g/mol. The first-order valence-corrected chi connectivity index (χ1v) is 14.3. The van der Waals surface area contributed by atoms with Gasteiger partial charge in [-0.2, -0.15) is 12.6 Å². The fourth-order valence-electron chi connectivity index (χ4n) is 3.92. The number of hydrogen-bond acceptors (Lipinski definition) is 8. The molecule has 0 saturated carbocycles. The Bertz CT molecular complexity index is 1110. The van der Waals surface area contributed by atoms with Crippen molar-refractivity contribution in [2.75, 3.05) is 24.4 Å². The van der Waals surface area contributed by atoms with Gasteiger partial charge in [-0.15, -0.1) is 0 Å². The number of anilines is 1. The molecule has 2 aromatic carbocycles. The number of carbonyl (C=O) groups excluding carboxylic acids is 3. The van der Waals surface area contributed by atoms with Crippen LogP contribution in [0, 0.1) is 0 Å². The second-order valence-electron chi connectivity index (χ2n) is 8.41. The molecule has 208 valence electrons. The van der Waals surface area contributed by atoms with Gasteiger partial charge in [-0.1, -0.05) is 42.5 Å². The Morgan fingerprint density at radius 1 is 0.921 bits per heavy atom. The molecule has 0 bridgehead atoms. The van der Waals surface area contributed by atoms with Crippen LogP contribution >= 0.6 is 21.1 Å². The summed E-state index contributed by atoms with van der Waals surface area (Å²) >= 11 is 3.53. The Hall–Kier alpha value is -3.00. The summed E-state index contributed by atoms with van der Waals surface area (Å²) in [6, 6.07) is 15.5. The molecule has 10 heteroatoms. The summed E-state index contributed by atoms with van der Waals surface area (Å²) in [4.78, 5) is 37.6. The Labute approximate surface area is 233 Å². The highest BCUT2D eigenvalue weighted by Crippen LogP contribution is 2.35. The molecule has 1 aliphatic rings. The molecule has 8 nitrogen and oxygen atoms in total. The molecule has 1 amide bonds. The predicted octanol–water partition coefficient (Wildman–Crippen LogP) is 5.65. The van der Waals surface area contributed by atoms with Gasteiger partial charge in [0.25, 0.3) is 0 Å². The normalized spacial score (nSPS) is 13.6. The minimum absolute atomic E-state index is 0. The van der Waals surface area contributed by atoms with Gasteiger partial charge in [0, 0.05) is 43.6 Å². The molecular formula is C28H41N4O4PS. The standard InChI is InChI=1S/C26H31N3O3.CH3OP.CH4S.H3N/c1-18(30)9-7-8-16-28-26-22-12-5-6-13-23(22)29(24(32)15-14-19(2)31)17-20-10-3-4-11-21(20)25(26)27;1-3-2;1-2;/h3-6,10-13,28H,7-9,14-17,27H2,1-2H3;1H3;2H,1H3;1H3/b26-25-;;;. The zero-order valence-electron chi connectivity index (χ0n) is 22.8. The number of nitrogens with one attached hydrogen (secondary N) is 1. The Balaban J connectivity index is 0.00000213. The van der Waals surface area contributed by atoms with Crippen molar-refractivity contribution >= 4 is 55.6 Å². The van der Waals surface area contributed by atoms with E-state index < -0.39 is 0 Å². The van der Waals surface area contributed by atoms with Gasteiger partial charge in [0.2, 0.25) is 5.91 Å². The lowest BCUT2D eigenvalue weighted by Crippen LogP contribution is -2.34. The van der Waals surface area contributed by atoms with Crippen molar-refractivity contribution in [1.82, 2.24) is 11.5 Å². The average Bonchev–Trinajstić information content (AvgIpc) is 2.89. The fourth-order valence-corrected chi connectivity index (χ4v) is 3.92. The largest absolute Gasteiger partial charge is 0.397 e. The SMILES string of the molecule is CC(=O)CCCCN/C1=C(\N)c2ccccc2CN(C(=O)CCC(C)=O)c2ccccc21.CP=O.CS.N. The van der Waals surface area contributed by atoms with Crippen LogP contribution in [0.5, 0.6) is 0 Å². The molecular weight excluding hydrogens is 519 g/mol. The van der Waals surface area contributed by atoms with E-state index in [-0.39, 0.29) is 44.9 Å². The van der Waals surface area contributed by atoms with E-state index in [4.69, 9.17) is 10.3 Å². The molecule has 0 saturated heterocycles. The third-order valence-corrected chi connectivity index (χ3v) is 5.62. The number of hydrogen-bond donors (Lipinski definition) is 4. The third kappa shape index (κ3) is 10.8. The van der Waals surface area contributed by atoms with E-state index in [1.165, 1.54) is 6.92 Å². The first-order chi connectivity index (χ1) is 17.8. The molecule has 0 atom stereocenters. The number of rotatable bonds is 9. The molecule has 1 aliphatic heterocycles. The lowest BCUT2D eigenvalue weighted by atomic mass is 9.95. The van der Waals surface area contributed by atoms with Crippen LogP contribution in [0.15, 0.2) is 48.5 Å². The lowest BCUT2D eigenvalue weighted by molar-refractivity contribution is -0.123. The quantitative estimate of drug-likeness (QED) is 0.176. The topological polar surface area (TPSA) is 145 Å². The molecule has 0 aliphatic carbocycles. The number of amides is 1. The Morgan fingerprint density at radius 2 is 1.47 bits per heavy atom. The van der Waals surface area contributed by atoms with Gasteiger partial charge in [0.15, 0.2) is 8.46 Å². The summed E-state index contributed by atoms with van der Waals surface area (Å²) in [5.41, 5.74) is 11.5. The lowest BCUT2D eigenvalue weighted by Gasteiger charge is -2.30. The van der Waals surface area contributed by atoms with Gasteiger partial charge < -0.3 is 31.7 Å². The summed E-state index contributed by atoms with van der Waals surface area (Å²) < 4.78 is 8.90. The van der Waals surface area contributed by atoms with Crippen LogP contribution < -0.4 is 22.1 Å². The van der Waals surface area contributed by atoms with Crippen molar-refractivity contribution in [3.8, 4) is 0 Å². The molecule has 0 aromatic heterocycles. The zero-order valence-corrected chi connectivity index (χ0v) is 24.6. The molecule has 0 fully saturated rings. The Kier molecular flexibility index (Phi) is 17.6. The third-order valence-electron chi connectivity index (χ3n) is 5.62. The van der Waals surface area contributed by atoms with Crippen molar-refractivity contribution in [3.05, 3.63) is 65.2 Å². The number of benzene rings is 2. The van der Waals surface area contributed by atoms with Crippen LogP contribution in [0.4, 0.5) is 5.69 Å². The molecule has 2 aromatic rings. The molecule has 1 heterocycles. The maximum Gasteiger partial charge on any atom is 0.227 e. The highest BCUT2D eigenvalue weighted by atomic mass is 32.1.